The van der Waals surface area contributed by atoms with Crippen LogP contribution < -0.4 is 4.74 Å². The monoisotopic (exact) mass is 284 g/mol. The summed E-state index contributed by atoms with van der Waals surface area (Å²) in [4.78, 5) is 0.443. The molecule has 2 atom stereocenters. The first kappa shape index (κ1) is 13.6. The third kappa shape index (κ3) is 3.24. The summed E-state index contributed by atoms with van der Waals surface area (Å²) in [6, 6.07) is 6.30. The van der Waals surface area contributed by atoms with Crippen molar-refractivity contribution in [2.24, 2.45) is 5.92 Å². The predicted molar refractivity (Wildman–Crippen MR) is 73.5 cm³/mol. The van der Waals surface area contributed by atoms with Crippen molar-refractivity contribution in [3.8, 4) is 5.75 Å². The van der Waals surface area contributed by atoms with Crippen molar-refractivity contribution in [2.45, 2.75) is 38.4 Å². The quantitative estimate of drug-likeness (QED) is 0.701. The number of halogens is 1. The fraction of sp³-hybridized carbons (Fsp3) is 0.571. The average molecular weight is 285 g/mol. The molecule has 16 heavy (non-hydrogen) atoms. The van der Waals surface area contributed by atoms with Crippen LogP contribution in [0.1, 0.15) is 42.6 Å². The van der Waals surface area contributed by atoms with Crippen LogP contribution in [0.25, 0.3) is 0 Å². The Hall–Kier alpha value is -0.500. The van der Waals surface area contributed by atoms with Gasteiger partial charge in [-0.2, -0.15) is 0 Å². The second-order valence-corrected chi connectivity index (χ2v) is 5.38. The van der Waals surface area contributed by atoms with Gasteiger partial charge in [0, 0.05) is 4.83 Å². The van der Waals surface area contributed by atoms with Crippen LogP contribution in [-0.2, 0) is 0 Å². The Morgan fingerprint density at radius 2 is 2.06 bits per heavy atom. The Labute approximate surface area is 107 Å². The number of benzene rings is 1. The second kappa shape index (κ2) is 6.29. The molecule has 1 rings (SSSR count). The Balaban J connectivity index is 2.87. The summed E-state index contributed by atoms with van der Waals surface area (Å²) < 4.78 is 5.22. The van der Waals surface area contributed by atoms with Gasteiger partial charge < -0.3 is 4.74 Å². The molecular weight excluding hydrogens is 264 g/mol. The van der Waals surface area contributed by atoms with E-state index in [1.54, 1.807) is 7.11 Å². The minimum absolute atomic E-state index is 0.443. The second-order valence-electron chi connectivity index (χ2n) is 4.39. The molecule has 0 aromatic heterocycles. The Bertz CT molecular complexity index is 336. The molecule has 0 heterocycles. The van der Waals surface area contributed by atoms with E-state index in [1.165, 1.54) is 24.0 Å². The molecule has 1 aromatic carbocycles. The summed E-state index contributed by atoms with van der Waals surface area (Å²) in [5.41, 5.74) is 2.67. The lowest BCUT2D eigenvalue weighted by Crippen LogP contribution is -2.05. The highest BCUT2D eigenvalue weighted by Gasteiger charge is 2.17. The van der Waals surface area contributed by atoms with Gasteiger partial charge >= 0.3 is 0 Å². The van der Waals surface area contributed by atoms with Crippen molar-refractivity contribution >= 4 is 15.9 Å². The topological polar surface area (TPSA) is 9.23 Å². The molecule has 90 valence electrons. The van der Waals surface area contributed by atoms with Crippen LogP contribution in [0.2, 0.25) is 0 Å². The minimum atomic E-state index is 0.443. The molecule has 0 amide bonds. The number of ether oxygens (including phenoxy) is 1. The van der Waals surface area contributed by atoms with Gasteiger partial charge in [0.25, 0.3) is 0 Å². The number of alkyl halides is 1. The van der Waals surface area contributed by atoms with Crippen molar-refractivity contribution in [2.75, 3.05) is 7.11 Å². The van der Waals surface area contributed by atoms with Gasteiger partial charge in [0.05, 0.1) is 7.11 Å². The van der Waals surface area contributed by atoms with Crippen molar-refractivity contribution < 1.29 is 4.74 Å². The highest BCUT2D eigenvalue weighted by atomic mass is 79.9. The van der Waals surface area contributed by atoms with E-state index in [4.69, 9.17) is 4.74 Å². The van der Waals surface area contributed by atoms with Crippen molar-refractivity contribution in [1.82, 2.24) is 0 Å². The van der Waals surface area contributed by atoms with Crippen LogP contribution in [-0.4, -0.2) is 7.11 Å². The molecule has 0 radical (unpaired) electrons. The van der Waals surface area contributed by atoms with Crippen molar-refractivity contribution in [3.05, 3.63) is 29.3 Å². The molecule has 0 saturated carbocycles. The van der Waals surface area contributed by atoms with Crippen LogP contribution in [0, 0.1) is 12.8 Å². The van der Waals surface area contributed by atoms with Gasteiger partial charge in [-0.15, -0.1) is 0 Å². The Kier molecular flexibility index (Phi) is 5.33. The number of methoxy groups -OCH3 is 1. The molecule has 0 aliphatic carbocycles. The highest BCUT2D eigenvalue weighted by molar-refractivity contribution is 9.09. The van der Waals surface area contributed by atoms with Crippen LogP contribution >= 0.6 is 15.9 Å². The third-order valence-corrected chi connectivity index (χ3v) is 4.41. The standard InChI is InChI=1S/C14H21BrO/c1-5-6-10(2)14(15)13-8-7-12(16-4)9-11(13)3/h7-10,14H,5-6H2,1-4H3. The Morgan fingerprint density at radius 3 is 2.56 bits per heavy atom. The third-order valence-electron chi connectivity index (χ3n) is 3.02. The fourth-order valence-corrected chi connectivity index (χ4v) is 2.77. The maximum atomic E-state index is 5.22. The summed E-state index contributed by atoms with van der Waals surface area (Å²) in [5.74, 6) is 1.60. The molecule has 2 heteroatoms. The van der Waals surface area contributed by atoms with Crippen LogP contribution in [0.4, 0.5) is 0 Å². The van der Waals surface area contributed by atoms with E-state index in [-0.39, 0.29) is 0 Å². The smallest absolute Gasteiger partial charge is 0.119 e. The molecule has 0 aliphatic rings. The maximum Gasteiger partial charge on any atom is 0.119 e. The number of rotatable bonds is 5. The normalized spacial score (nSPS) is 14.6. The van der Waals surface area contributed by atoms with E-state index in [1.807, 2.05) is 6.07 Å². The summed E-state index contributed by atoms with van der Waals surface area (Å²) >= 11 is 3.81. The first-order valence-corrected chi connectivity index (χ1v) is 6.80. The van der Waals surface area contributed by atoms with Crippen molar-refractivity contribution in [3.63, 3.8) is 0 Å². The zero-order chi connectivity index (χ0) is 12.1. The highest BCUT2D eigenvalue weighted by Crippen LogP contribution is 2.36. The molecule has 0 aliphatic heterocycles. The van der Waals surface area contributed by atoms with Gasteiger partial charge in [-0.3, -0.25) is 0 Å². The molecule has 0 N–H and O–H groups in total. The van der Waals surface area contributed by atoms with E-state index in [2.05, 4.69) is 48.8 Å². The lowest BCUT2D eigenvalue weighted by molar-refractivity contribution is 0.414. The van der Waals surface area contributed by atoms with Crippen LogP contribution in [0.5, 0.6) is 5.75 Å². The van der Waals surface area contributed by atoms with E-state index in [9.17, 15) is 0 Å². The van der Waals surface area contributed by atoms with Crippen LogP contribution in [0.15, 0.2) is 18.2 Å². The van der Waals surface area contributed by atoms with Crippen LogP contribution in [0.3, 0.4) is 0 Å². The summed E-state index contributed by atoms with van der Waals surface area (Å²) in [5, 5.41) is 0. The lowest BCUT2D eigenvalue weighted by Gasteiger charge is -2.20. The first-order valence-electron chi connectivity index (χ1n) is 5.88. The van der Waals surface area contributed by atoms with Gasteiger partial charge in [-0.1, -0.05) is 42.3 Å². The van der Waals surface area contributed by atoms with E-state index in [0.29, 0.717) is 10.7 Å². The molecule has 2 unspecified atom stereocenters. The lowest BCUT2D eigenvalue weighted by atomic mass is 9.94. The van der Waals surface area contributed by atoms with Crippen molar-refractivity contribution in [1.29, 1.82) is 0 Å². The molecule has 1 aromatic rings. The fourth-order valence-electron chi connectivity index (χ4n) is 1.99. The molecule has 0 spiro atoms. The number of aryl methyl sites for hydroxylation is 1. The van der Waals surface area contributed by atoms with E-state index >= 15 is 0 Å². The number of hydrogen-bond acceptors (Lipinski definition) is 1. The minimum Gasteiger partial charge on any atom is -0.497 e. The molecular formula is C14H21BrO. The maximum absolute atomic E-state index is 5.22. The molecule has 1 nitrogen and oxygen atoms in total. The molecule has 0 saturated heterocycles. The SMILES string of the molecule is CCCC(C)C(Br)c1ccc(OC)cc1C. The predicted octanol–water partition coefficient (Wildman–Crippen LogP) is 4.88. The summed E-state index contributed by atoms with van der Waals surface area (Å²) in [6.45, 7) is 6.68. The van der Waals surface area contributed by atoms with Gasteiger partial charge in [-0.25, -0.2) is 0 Å². The average Bonchev–Trinajstić information content (AvgIpc) is 2.28. The van der Waals surface area contributed by atoms with Gasteiger partial charge in [0.2, 0.25) is 0 Å². The van der Waals surface area contributed by atoms with E-state index < -0.39 is 0 Å². The summed E-state index contributed by atoms with van der Waals surface area (Å²) in [6.07, 6.45) is 2.49. The van der Waals surface area contributed by atoms with E-state index in [0.717, 1.165) is 5.75 Å². The number of hydrogen-bond donors (Lipinski definition) is 0. The van der Waals surface area contributed by atoms with Gasteiger partial charge in [-0.05, 0) is 42.5 Å². The largest absolute Gasteiger partial charge is 0.497 e. The zero-order valence-corrected chi connectivity index (χ0v) is 12.2. The zero-order valence-electron chi connectivity index (χ0n) is 10.6. The molecule has 0 fully saturated rings. The molecule has 0 bridgehead atoms. The Morgan fingerprint density at radius 1 is 1.38 bits per heavy atom. The summed E-state index contributed by atoms with van der Waals surface area (Å²) in [7, 11) is 1.71. The van der Waals surface area contributed by atoms with Gasteiger partial charge in [0.15, 0.2) is 0 Å². The van der Waals surface area contributed by atoms with Gasteiger partial charge in [0.1, 0.15) is 5.75 Å². The first-order chi connectivity index (χ1) is 7.60.